The van der Waals surface area contributed by atoms with Crippen LogP contribution in [0.25, 0.3) is 0 Å². The summed E-state index contributed by atoms with van der Waals surface area (Å²) in [6.45, 7) is 6.82. The second-order valence-electron chi connectivity index (χ2n) is 3.64. The number of nitrogens with one attached hydrogen (secondary N) is 1. The first-order chi connectivity index (χ1) is 7.13. The Labute approximate surface area is 91.4 Å². The fourth-order valence-corrected chi connectivity index (χ4v) is 1.38. The summed E-state index contributed by atoms with van der Waals surface area (Å²) in [4.78, 5) is 4.09. The Bertz CT molecular complexity index is 327. The minimum Gasteiger partial charge on any atom is -0.370 e. The summed E-state index contributed by atoms with van der Waals surface area (Å²) < 4.78 is 0. The van der Waals surface area contributed by atoms with E-state index in [0.29, 0.717) is 12.5 Å². The smallest absolute Gasteiger partial charge is 0.189 e. The monoisotopic (exact) mass is 205 g/mol. The lowest BCUT2D eigenvalue weighted by atomic mass is 10.1. The number of nitrogens with two attached hydrogens (primary N) is 1. The molecule has 3 nitrogen and oxygen atoms in total. The van der Waals surface area contributed by atoms with Gasteiger partial charge in [0, 0.05) is 6.54 Å². The molecule has 3 heteroatoms. The van der Waals surface area contributed by atoms with Crippen molar-refractivity contribution in [2.75, 3.05) is 6.54 Å². The molecule has 0 heterocycles. The van der Waals surface area contributed by atoms with Crippen molar-refractivity contribution in [2.24, 2.45) is 10.7 Å². The van der Waals surface area contributed by atoms with E-state index >= 15 is 0 Å². The van der Waals surface area contributed by atoms with Gasteiger partial charge in [0.25, 0.3) is 0 Å². The van der Waals surface area contributed by atoms with Crippen LogP contribution in [0.4, 0.5) is 0 Å². The molecule has 0 aliphatic heterocycles. The highest BCUT2D eigenvalue weighted by molar-refractivity contribution is 5.78. The lowest BCUT2D eigenvalue weighted by Gasteiger charge is -2.14. The first-order valence-electron chi connectivity index (χ1n) is 5.26. The number of guanidine groups is 1. The Hall–Kier alpha value is -1.51. The van der Waals surface area contributed by atoms with Crippen molar-refractivity contribution in [1.82, 2.24) is 5.32 Å². The quantitative estimate of drug-likeness (QED) is 0.585. The Kier molecular flexibility index (Phi) is 4.16. The van der Waals surface area contributed by atoms with Crippen molar-refractivity contribution in [2.45, 2.75) is 26.8 Å². The van der Waals surface area contributed by atoms with E-state index in [1.54, 1.807) is 0 Å². The Morgan fingerprint density at radius 2 is 2.00 bits per heavy atom. The molecule has 0 saturated carbocycles. The van der Waals surface area contributed by atoms with Crippen LogP contribution in [-0.2, 0) is 0 Å². The second-order valence-corrected chi connectivity index (χ2v) is 3.64. The maximum absolute atomic E-state index is 5.69. The summed E-state index contributed by atoms with van der Waals surface area (Å²) in [7, 11) is 0. The molecule has 0 radical (unpaired) electrons. The van der Waals surface area contributed by atoms with Crippen LogP contribution in [0.3, 0.4) is 0 Å². The maximum Gasteiger partial charge on any atom is 0.189 e. The van der Waals surface area contributed by atoms with Crippen molar-refractivity contribution in [3.63, 3.8) is 0 Å². The molecule has 3 N–H and O–H groups in total. The third-order valence-electron chi connectivity index (χ3n) is 2.27. The highest BCUT2D eigenvalue weighted by Gasteiger charge is 2.04. The van der Waals surface area contributed by atoms with E-state index in [1.165, 1.54) is 11.1 Å². The lowest BCUT2D eigenvalue weighted by Crippen LogP contribution is -2.33. The third kappa shape index (κ3) is 3.62. The Balaban J connectivity index is 2.65. The summed E-state index contributed by atoms with van der Waals surface area (Å²) >= 11 is 0. The molecule has 1 aromatic rings. The highest BCUT2D eigenvalue weighted by Crippen LogP contribution is 2.12. The molecule has 0 bridgehead atoms. The molecule has 82 valence electrons. The van der Waals surface area contributed by atoms with Gasteiger partial charge in [0.2, 0.25) is 0 Å². The minimum atomic E-state index is 0.195. The molecule has 0 saturated heterocycles. The summed E-state index contributed by atoms with van der Waals surface area (Å²) in [5.74, 6) is 0.505. The van der Waals surface area contributed by atoms with E-state index in [-0.39, 0.29) is 6.04 Å². The van der Waals surface area contributed by atoms with Gasteiger partial charge in [-0.3, -0.25) is 4.99 Å². The zero-order valence-electron chi connectivity index (χ0n) is 9.62. The fraction of sp³-hybridized carbons (Fsp3) is 0.417. The normalized spacial score (nSPS) is 13.7. The Morgan fingerprint density at radius 3 is 2.53 bits per heavy atom. The largest absolute Gasteiger partial charge is 0.370 e. The van der Waals surface area contributed by atoms with Gasteiger partial charge in [0.1, 0.15) is 0 Å². The van der Waals surface area contributed by atoms with Crippen molar-refractivity contribution in [3.05, 3.63) is 35.4 Å². The van der Waals surface area contributed by atoms with Crippen molar-refractivity contribution in [1.29, 1.82) is 0 Å². The number of nitrogens with zero attached hydrogens (tertiary/aromatic N) is 1. The molecular weight excluding hydrogens is 186 g/mol. The highest BCUT2D eigenvalue weighted by atomic mass is 15.1. The van der Waals surface area contributed by atoms with Gasteiger partial charge in [-0.25, -0.2) is 0 Å². The van der Waals surface area contributed by atoms with Crippen LogP contribution in [-0.4, -0.2) is 12.5 Å². The van der Waals surface area contributed by atoms with Gasteiger partial charge < -0.3 is 11.1 Å². The molecule has 1 rings (SSSR count). The number of rotatable bonds is 3. The van der Waals surface area contributed by atoms with Crippen LogP contribution in [0.2, 0.25) is 0 Å². The van der Waals surface area contributed by atoms with Crippen LogP contribution < -0.4 is 11.1 Å². The van der Waals surface area contributed by atoms with Gasteiger partial charge in [-0.15, -0.1) is 0 Å². The number of aliphatic imine (C=N–C) groups is 1. The molecule has 0 spiro atoms. The van der Waals surface area contributed by atoms with Gasteiger partial charge in [0.05, 0.1) is 6.04 Å². The van der Waals surface area contributed by atoms with Crippen LogP contribution in [0, 0.1) is 6.92 Å². The summed E-state index contributed by atoms with van der Waals surface area (Å²) in [5, 5.41) is 3.14. The van der Waals surface area contributed by atoms with E-state index in [2.05, 4.69) is 48.4 Å². The van der Waals surface area contributed by atoms with Gasteiger partial charge >= 0.3 is 0 Å². The van der Waals surface area contributed by atoms with Crippen molar-refractivity contribution < 1.29 is 0 Å². The maximum atomic E-state index is 5.69. The standard InChI is InChI=1S/C12H19N3/c1-4-14-12(13)15-10(3)11-7-5-9(2)6-8-11/h5-8,10H,4H2,1-3H3,(H3,13,14,15). The van der Waals surface area contributed by atoms with E-state index in [0.717, 1.165) is 0 Å². The molecule has 1 unspecified atom stereocenters. The molecule has 1 aromatic carbocycles. The predicted molar refractivity (Wildman–Crippen MR) is 64.9 cm³/mol. The molecule has 0 aliphatic rings. The Morgan fingerprint density at radius 1 is 1.40 bits per heavy atom. The van der Waals surface area contributed by atoms with Crippen LogP contribution in [0.5, 0.6) is 0 Å². The average Bonchev–Trinajstić information content (AvgIpc) is 2.18. The van der Waals surface area contributed by atoms with Gasteiger partial charge in [-0.1, -0.05) is 29.8 Å². The predicted octanol–water partition coefficient (Wildman–Crippen LogP) is 1.98. The SMILES string of the molecule is CCN=C(N)NC(C)c1ccc(C)cc1. The van der Waals surface area contributed by atoms with E-state index in [9.17, 15) is 0 Å². The number of benzene rings is 1. The fourth-order valence-electron chi connectivity index (χ4n) is 1.38. The lowest BCUT2D eigenvalue weighted by molar-refractivity contribution is 0.708. The summed E-state index contributed by atoms with van der Waals surface area (Å²) in [6, 6.07) is 8.60. The second kappa shape index (κ2) is 5.39. The molecule has 0 amide bonds. The van der Waals surface area contributed by atoms with E-state index in [4.69, 9.17) is 5.73 Å². The zero-order valence-corrected chi connectivity index (χ0v) is 9.62. The van der Waals surface area contributed by atoms with E-state index in [1.807, 2.05) is 6.92 Å². The van der Waals surface area contributed by atoms with E-state index < -0.39 is 0 Å². The minimum absolute atomic E-state index is 0.195. The third-order valence-corrected chi connectivity index (χ3v) is 2.27. The van der Waals surface area contributed by atoms with Crippen LogP contribution in [0.1, 0.15) is 31.0 Å². The average molecular weight is 205 g/mol. The van der Waals surface area contributed by atoms with Crippen molar-refractivity contribution >= 4 is 5.96 Å². The molecule has 15 heavy (non-hydrogen) atoms. The topological polar surface area (TPSA) is 50.4 Å². The molecule has 1 atom stereocenters. The van der Waals surface area contributed by atoms with Gasteiger partial charge in [0.15, 0.2) is 5.96 Å². The first kappa shape index (κ1) is 11.6. The van der Waals surface area contributed by atoms with Gasteiger partial charge in [-0.05, 0) is 26.3 Å². The van der Waals surface area contributed by atoms with Crippen LogP contribution in [0.15, 0.2) is 29.3 Å². The van der Waals surface area contributed by atoms with Gasteiger partial charge in [-0.2, -0.15) is 0 Å². The van der Waals surface area contributed by atoms with Crippen LogP contribution >= 0.6 is 0 Å². The summed E-state index contributed by atoms with van der Waals surface area (Å²) in [5.41, 5.74) is 8.17. The molecule has 0 aliphatic carbocycles. The molecule has 0 aromatic heterocycles. The summed E-state index contributed by atoms with van der Waals surface area (Å²) in [6.07, 6.45) is 0. The zero-order chi connectivity index (χ0) is 11.3. The molecular formula is C12H19N3. The number of aryl methyl sites for hydroxylation is 1. The first-order valence-corrected chi connectivity index (χ1v) is 5.26. The molecule has 0 fully saturated rings. The number of hydrogen-bond donors (Lipinski definition) is 2. The van der Waals surface area contributed by atoms with Crippen molar-refractivity contribution in [3.8, 4) is 0 Å². The number of hydrogen-bond acceptors (Lipinski definition) is 1.